The third kappa shape index (κ3) is 42.7. The lowest BCUT2D eigenvalue weighted by Gasteiger charge is -2.24. The number of allylic oxidation sites excluding steroid dienone is 20. The molecule has 0 saturated carbocycles. The van der Waals surface area contributed by atoms with Crippen molar-refractivity contribution < 1.29 is 24.5 Å². The molecule has 6 heteroatoms. The van der Waals surface area contributed by atoms with Gasteiger partial charge < -0.3 is 20.3 Å². The van der Waals surface area contributed by atoms with Gasteiger partial charge in [0.05, 0.1) is 25.2 Å². The molecule has 6 nitrogen and oxygen atoms in total. The molecule has 0 bridgehead atoms. The van der Waals surface area contributed by atoms with Gasteiger partial charge in [-0.15, -0.1) is 0 Å². The first kappa shape index (κ1) is 57.3. The number of nitrogens with one attached hydrogen (secondary N) is 1. The molecule has 0 saturated heterocycles. The maximum absolute atomic E-state index is 13.2. The molecule has 1 amide bonds. The second-order valence-corrected chi connectivity index (χ2v) is 16.0. The summed E-state index contributed by atoms with van der Waals surface area (Å²) in [7, 11) is 0. The fraction of sp³-hybridized carbons (Fsp3) is 0.600. The Labute approximate surface area is 374 Å². The summed E-state index contributed by atoms with van der Waals surface area (Å²) in [5.74, 6) is -0.590. The third-order valence-corrected chi connectivity index (χ3v) is 10.3. The van der Waals surface area contributed by atoms with Gasteiger partial charge in [0.2, 0.25) is 5.91 Å². The van der Waals surface area contributed by atoms with Crippen LogP contribution in [0, 0.1) is 0 Å². The Balaban J connectivity index is 4.77. The van der Waals surface area contributed by atoms with Crippen LogP contribution in [0.25, 0.3) is 0 Å². The van der Waals surface area contributed by atoms with Crippen LogP contribution in [-0.4, -0.2) is 46.9 Å². The Morgan fingerprint density at radius 2 is 0.934 bits per heavy atom. The number of rotatable bonds is 41. The van der Waals surface area contributed by atoms with Crippen molar-refractivity contribution in [1.29, 1.82) is 0 Å². The molecule has 3 unspecified atom stereocenters. The summed E-state index contributed by atoms with van der Waals surface area (Å²) in [5, 5.41) is 23.7. The van der Waals surface area contributed by atoms with E-state index in [0.717, 1.165) is 83.5 Å². The normalized spacial score (nSPS) is 14.4. The fourth-order valence-corrected chi connectivity index (χ4v) is 6.60. The molecule has 0 fully saturated rings. The SMILES string of the molecule is CC/C=C/C=C/C=C\C=C/C=C/CCCC(CC(=O)NC(CO)C(O)CCCCCCCCCCCCC)OC(=O)CCCCCCC/C=C/C=C/C=C/C=C/C=C/CCC. The van der Waals surface area contributed by atoms with Crippen LogP contribution in [0.15, 0.2) is 122 Å². The number of carbonyl (C=O) groups is 2. The molecule has 0 spiro atoms. The van der Waals surface area contributed by atoms with Gasteiger partial charge in [0, 0.05) is 6.42 Å². The van der Waals surface area contributed by atoms with Crippen LogP contribution in [0.2, 0.25) is 0 Å². The molecule has 344 valence electrons. The Morgan fingerprint density at radius 3 is 1.44 bits per heavy atom. The van der Waals surface area contributed by atoms with Crippen molar-refractivity contribution in [2.24, 2.45) is 0 Å². The first-order chi connectivity index (χ1) is 30.0. The summed E-state index contributed by atoms with van der Waals surface area (Å²) in [6, 6.07) is -0.737. The highest BCUT2D eigenvalue weighted by Crippen LogP contribution is 2.16. The van der Waals surface area contributed by atoms with E-state index >= 15 is 0 Å². The van der Waals surface area contributed by atoms with Gasteiger partial charge in [-0.25, -0.2) is 0 Å². The number of hydrogen-bond acceptors (Lipinski definition) is 5. The Bertz CT molecular complexity index is 1310. The van der Waals surface area contributed by atoms with E-state index in [-0.39, 0.29) is 24.9 Å². The number of aliphatic hydroxyl groups excluding tert-OH is 2. The number of esters is 1. The predicted octanol–water partition coefficient (Wildman–Crippen LogP) is 14.5. The summed E-state index contributed by atoms with van der Waals surface area (Å²) in [4.78, 5) is 26.1. The smallest absolute Gasteiger partial charge is 0.306 e. The second kappa shape index (κ2) is 47.3. The molecular weight excluding hydrogens is 755 g/mol. The molecule has 0 heterocycles. The average molecular weight is 844 g/mol. The summed E-state index contributed by atoms with van der Waals surface area (Å²) < 4.78 is 5.87. The Hall–Kier alpha value is -3.74. The minimum atomic E-state index is -0.818. The van der Waals surface area contributed by atoms with Crippen LogP contribution >= 0.6 is 0 Å². The number of carbonyl (C=O) groups excluding carboxylic acids is 2. The fourth-order valence-electron chi connectivity index (χ4n) is 6.60. The quantitative estimate of drug-likeness (QED) is 0.0324. The lowest BCUT2D eigenvalue weighted by Crippen LogP contribution is -2.46. The lowest BCUT2D eigenvalue weighted by atomic mass is 10.0. The minimum Gasteiger partial charge on any atom is -0.462 e. The summed E-state index contributed by atoms with van der Waals surface area (Å²) in [5.41, 5.74) is 0. The molecule has 61 heavy (non-hydrogen) atoms. The highest BCUT2D eigenvalue weighted by Gasteiger charge is 2.24. The largest absolute Gasteiger partial charge is 0.462 e. The van der Waals surface area contributed by atoms with Gasteiger partial charge in [0.25, 0.3) is 0 Å². The van der Waals surface area contributed by atoms with E-state index < -0.39 is 18.2 Å². The molecule has 0 aliphatic rings. The van der Waals surface area contributed by atoms with Gasteiger partial charge in [-0.05, 0) is 57.8 Å². The standard InChI is InChI=1S/C55H89NO5/c1-4-7-10-13-16-19-22-24-25-26-27-28-30-33-36-39-42-45-48-55(60)61-51(46-43-40-37-34-32-29-23-20-17-14-11-8-5-2)49-54(59)56-52(50-57)53(58)47-44-41-38-35-31-21-18-15-12-9-6-3/h8,10-11,13-14,16-17,19-20,22-29,32,34,37,51-53,57-58H,4-7,9,12,15,18,21,30-31,33,35-36,38-50H2,1-3H3,(H,56,59)/b11-8+,13-10+,17-14+,19-16+,23-20-,24-22+,26-25+,28-27+,32-29-,37-34+. The summed E-state index contributed by atoms with van der Waals surface area (Å²) in [6.45, 7) is 6.19. The van der Waals surface area contributed by atoms with Crippen LogP contribution in [0.3, 0.4) is 0 Å². The van der Waals surface area contributed by atoms with E-state index in [9.17, 15) is 19.8 Å². The van der Waals surface area contributed by atoms with E-state index in [1.165, 1.54) is 57.8 Å². The summed E-state index contributed by atoms with van der Waals surface area (Å²) in [6.07, 6.45) is 65.4. The van der Waals surface area contributed by atoms with Gasteiger partial charge in [0.1, 0.15) is 6.10 Å². The van der Waals surface area contributed by atoms with E-state index in [1.54, 1.807) is 0 Å². The van der Waals surface area contributed by atoms with Crippen molar-refractivity contribution >= 4 is 11.9 Å². The average Bonchev–Trinajstić information content (AvgIpc) is 3.25. The maximum atomic E-state index is 13.2. The van der Waals surface area contributed by atoms with Gasteiger partial charge >= 0.3 is 5.97 Å². The number of unbranched alkanes of at least 4 members (excludes halogenated alkanes) is 17. The van der Waals surface area contributed by atoms with E-state index in [1.807, 2.05) is 79.0 Å². The zero-order valence-corrected chi connectivity index (χ0v) is 39.0. The molecule has 0 radical (unpaired) electrons. The molecule has 0 aliphatic carbocycles. The van der Waals surface area contributed by atoms with Crippen molar-refractivity contribution in [1.82, 2.24) is 5.32 Å². The van der Waals surface area contributed by atoms with Crippen LogP contribution < -0.4 is 5.32 Å². The van der Waals surface area contributed by atoms with Crippen molar-refractivity contribution in [2.45, 2.75) is 206 Å². The monoisotopic (exact) mass is 844 g/mol. The maximum Gasteiger partial charge on any atom is 0.306 e. The second-order valence-electron chi connectivity index (χ2n) is 16.0. The van der Waals surface area contributed by atoms with Crippen molar-refractivity contribution in [3.63, 3.8) is 0 Å². The number of ether oxygens (including phenoxy) is 1. The molecule has 0 aromatic carbocycles. The zero-order chi connectivity index (χ0) is 44.5. The van der Waals surface area contributed by atoms with E-state index in [4.69, 9.17) is 4.74 Å². The molecule has 0 aromatic heterocycles. The molecular formula is C55H89NO5. The molecule has 0 aliphatic heterocycles. The van der Waals surface area contributed by atoms with Gasteiger partial charge in [-0.3, -0.25) is 9.59 Å². The first-order valence-corrected chi connectivity index (χ1v) is 24.4. The van der Waals surface area contributed by atoms with E-state index in [2.05, 4.69) is 68.6 Å². The number of amides is 1. The van der Waals surface area contributed by atoms with Crippen LogP contribution in [0.4, 0.5) is 0 Å². The predicted molar refractivity (Wildman–Crippen MR) is 263 cm³/mol. The van der Waals surface area contributed by atoms with Gasteiger partial charge in [-0.1, -0.05) is 239 Å². The Kier molecular flexibility index (Phi) is 44.4. The van der Waals surface area contributed by atoms with Crippen molar-refractivity contribution in [3.8, 4) is 0 Å². The van der Waals surface area contributed by atoms with Crippen LogP contribution in [-0.2, 0) is 14.3 Å². The molecule has 3 N–H and O–H groups in total. The van der Waals surface area contributed by atoms with Crippen LogP contribution in [0.1, 0.15) is 188 Å². The number of aliphatic hydroxyl groups is 2. The minimum absolute atomic E-state index is 0.00947. The zero-order valence-electron chi connectivity index (χ0n) is 39.0. The summed E-state index contributed by atoms with van der Waals surface area (Å²) >= 11 is 0. The van der Waals surface area contributed by atoms with E-state index in [0.29, 0.717) is 19.3 Å². The van der Waals surface area contributed by atoms with Crippen LogP contribution in [0.5, 0.6) is 0 Å². The van der Waals surface area contributed by atoms with Gasteiger partial charge in [0.15, 0.2) is 0 Å². The van der Waals surface area contributed by atoms with Crippen molar-refractivity contribution in [2.75, 3.05) is 6.61 Å². The highest BCUT2D eigenvalue weighted by atomic mass is 16.5. The number of hydrogen-bond donors (Lipinski definition) is 3. The molecule has 0 rings (SSSR count). The first-order valence-electron chi connectivity index (χ1n) is 24.4. The molecule has 0 aromatic rings. The van der Waals surface area contributed by atoms with Gasteiger partial charge in [-0.2, -0.15) is 0 Å². The topological polar surface area (TPSA) is 95.9 Å². The highest BCUT2D eigenvalue weighted by molar-refractivity contribution is 5.77. The lowest BCUT2D eigenvalue weighted by molar-refractivity contribution is -0.151. The molecule has 3 atom stereocenters. The van der Waals surface area contributed by atoms with Crippen molar-refractivity contribution in [3.05, 3.63) is 122 Å². The third-order valence-electron chi connectivity index (χ3n) is 10.3. The Morgan fingerprint density at radius 1 is 0.492 bits per heavy atom.